The number of carbonyl (C=O) groups excluding carboxylic acids is 1. The molecule has 1 amide bonds. The molecule has 0 saturated heterocycles. The Morgan fingerprint density at radius 1 is 1.50 bits per heavy atom. The highest BCUT2D eigenvalue weighted by Crippen LogP contribution is 2.15. The summed E-state index contributed by atoms with van der Waals surface area (Å²) in [5.74, 6) is -1.69. The topological polar surface area (TPSA) is 111 Å². The zero-order valence-corrected chi connectivity index (χ0v) is 9.17. The molecule has 1 heterocycles. The molecule has 0 saturated carbocycles. The fourth-order valence-electron chi connectivity index (χ4n) is 1.55. The highest BCUT2D eigenvalue weighted by Gasteiger charge is 2.24. The van der Waals surface area contributed by atoms with Crippen LogP contribution in [0.2, 0.25) is 0 Å². The van der Waals surface area contributed by atoms with E-state index in [1.807, 2.05) is 0 Å². The number of primary amides is 1. The van der Waals surface area contributed by atoms with Crippen LogP contribution in [0.1, 0.15) is 42.5 Å². The van der Waals surface area contributed by atoms with Crippen LogP contribution in [-0.2, 0) is 11.2 Å². The molecule has 1 rings (SSSR count). The van der Waals surface area contributed by atoms with E-state index in [4.69, 9.17) is 10.8 Å². The largest absolute Gasteiger partial charge is 0.476 e. The van der Waals surface area contributed by atoms with Crippen LogP contribution in [0.3, 0.4) is 0 Å². The molecule has 0 aromatic carbocycles. The summed E-state index contributed by atoms with van der Waals surface area (Å²) in [6, 6.07) is -0.643. The Morgan fingerprint density at radius 3 is 2.50 bits per heavy atom. The predicted molar refractivity (Wildman–Crippen MR) is 54.9 cm³/mol. The van der Waals surface area contributed by atoms with Gasteiger partial charge in [-0.05, 0) is 12.8 Å². The Hall–Kier alpha value is -1.92. The maximum absolute atomic E-state index is 11.2. The van der Waals surface area contributed by atoms with Crippen LogP contribution in [0.5, 0.6) is 0 Å². The normalized spacial score (nSPS) is 12.4. The van der Waals surface area contributed by atoms with E-state index in [1.165, 1.54) is 4.68 Å². The van der Waals surface area contributed by atoms with E-state index < -0.39 is 17.9 Å². The van der Waals surface area contributed by atoms with Gasteiger partial charge in [-0.3, -0.25) is 4.79 Å². The second-order valence-corrected chi connectivity index (χ2v) is 3.31. The second kappa shape index (κ2) is 4.73. The van der Waals surface area contributed by atoms with Crippen LogP contribution in [0.15, 0.2) is 0 Å². The minimum absolute atomic E-state index is 0.123. The van der Waals surface area contributed by atoms with Gasteiger partial charge in [0.15, 0.2) is 5.69 Å². The Morgan fingerprint density at radius 2 is 2.12 bits per heavy atom. The molecule has 7 nitrogen and oxygen atoms in total. The Bertz CT molecular complexity index is 413. The van der Waals surface area contributed by atoms with E-state index in [-0.39, 0.29) is 5.69 Å². The van der Waals surface area contributed by atoms with Gasteiger partial charge >= 0.3 is 5.97 Å². The molecule has 7 heteroatoms. The van der Waals surface area contributed by atoms with Crippen molar-refractivity contribution in [3.8, 4) is 0 Å². The summed E-state index contributed by atoms with van der Waals surface area (Å²) in [5, 5.41) is 16.1. The van der Waals surface area contributed by atoms with Crippen molar-refractivity contribution in [1.29, 1.82) is 0 Å². The zero-order valence-electron chi connectivity index (χ0n) is 9.17. The second-order valence-electron chi connectivity index (χ2n) is 3.31. The number of nitrogens with two attached hydrogens (primary N) is 1. The van der Waals surface area contributed by atoms with Crippen molar-refractivity contribution in [2.24, 2.45) is 5.73 Å². The quantitative estimate of drug-likeness (QED) is 0.732. The molecule has 88 valence electrons. The van der Waals surface area contributed by atoms with Gasteiger partial charge in [0.25, 0.3) is 0 Å². The van der Waals surface area contributed by atoms with E-state index in [9.17, 15) is 9.59 Å². The van der Waals surface area contributed by atoms with Gasteiger partial charge in [-0.2, -0.15) is 0 Å². The lowest BCUT2D eigenvalue weighted by Gasteiger charge is -2.13. The van der Waals surface area contributed by atoms with Crippen LogP contribution in [0.4, 0.5) is 0 Å². The molecule has 3 N–H and O–H groups in total. The Labute approximate surface area is 92.2 Å². The molecule has 1 atom stereocenters. The third-order valence-electron chi connectivity index (χ3n) is 2.34. The highest BCUT2D eigenvalue weighted by molar-refractivity contribution is 5.86. The summed E-state index contributed by atoms with van der Waals surface area (Å²) < 4.78 is 1.30. The van der Waals surface area contributed by atoms with Gasteiger partial charge in [-0.15, -0.1) is 5.10 Å². The first-order valence-corrected chi connectivity index (χ1v) is 4.99. The first kappa shape index (κ1) is 12.2. The summed E-state index contributed by atoms with van der Waals surface area (Å²) in [6.07, 6.45) is 0.878. The molecule has 0 aliphatic rings. The van der Waals surface area contributed by atoms with Crippen molar-refractivity contribution in [2.75, 3.05) is 0 Å². The highest BCUT2D eigenvalue weighted by atomic mass is 16.4. The number of amides is 1. The van der Waals surface area contributed by atoms with Crippen molar-refractivity contribution < 1.29 is 14.7 Å². The van der Waals surface area contributed by atoms with Gasteiger partial charge in [0.2, 0.25) is 5.91 Å². The summed E-state index contributed by atoms with van der Waals surface area (Å²) >= 11 is 0. The van der Waals surface area contributed by atoms with Gasteiger partial charge in [0.05, 0.1) is 5.69 Å². The fraction of sp³-hybridized carbons (Fsp3) is 0.556. The summed E-state index contributed by atoms with van der Waals surface area (Å²) in [5.41, 5.74) is 5.51. The maximum Gasteiger partial charge on any atom is 0.358 e. The molecule has 16 heavy (non-hydrogen) atoms. The number of carboxylic acids is 1. The summed E-state index contributed by atoms with van der Waals surface area (Å²) in [7, 11) is 0. The average Bonchev–Trinajstić information content (AvgIpc) is 2.62. The van der Waals surface area contributed by atoms with E-state index in [0.29, 0.717) is 18.5 Å². The number of aromatic nitrogens is 3. The van der Waals surface area contributed by atoms with E-state index in [0.717, 1.165) is 0 Å². The van der Waals surface area contributed by atoms with Gasteiger partial charge in [-0.25, -0.2) is 9.48 Å². The van der Waals surface area contributed by atoms with E-state index >= 15 is 0 Å². The summed E-state index contributed by atoms with van der Waals surface area (Å²) in [4.78, 5) is 22.0. The monoisotopic (exact) mass is 226 g/mol. The number of hydrogen-bond acceptors (Lipinski definition) is 4. The van der Waals surface area contributed by atoms with Gasteiger partial charge in [0, 0.05) is 0 Å². The standard InChI is InChI=1S/C9H14N4O3/c1-3-5-7(9(15)16)11-12-13(5)6(4-2)8(10)14/h6H,3-4H2,1-2H3,(H2,10,14)(H,15,16). The number of nitrogens with zero attached hydrogens (tertiary/aromatic N) is 3. The van der Waals surface area contributed by atoms with Crippen molar-refractivity contribution in [1.82, 2.24) is 15.0 Å². The first-order valence-electron chi connectivity index (χ1n) is 4.99. The summed E-state index contributed by atoms with van der Waals surface area (Å²) in [6.45, 7) is 3.55. The SMILES string of the molecule is CCc1c(C(=O)O)nnn1C(CC)C(N)=O. The molecule has 0 radical (unpaired) electrons. The minimum Gasteiger partial charge on any atom is -0.476 e. The average molecular weight is 226 g/mol. The lowest BCUT2D eigenvalue weighted by atomic mass is 10.2. The van der Waals surface area contributed by atoms with Gasteiger partial charge < -0.3 is 10.8 Å². The van der Waals surface area contributed by atoms with Gasteiger partial charge in [0.1, 0.15) is 6.04 Å². The van der Waals surface area contributed by atoms with Crippen molar-refractivity contribution in [3.05, 3.63) is 11.4 Å². The lowest BCUT2D eigenvalue weighted by molar-refractivity contribution is -0.121. The number of rotatable bonds is 5. The molecule has 1 aromatic rings. The molecule has 0 aliphatic heterocycles. The van der Waals surface area contributed by atoms with E-state index in [2.05, 4.69) is 10.3 Å². The lowest BCUT2D eigenvalue weighted by Crippen LogP contribution is -2.28. The van der Waals surface area contributed by atoms with Crippen molar-refractivity contribution in [3.63, 3.8) is 0 Å². The molecular formula is C9H14N4O3. The number of hydrogen-bond donors (Lipinski definition) is 2. The molecule has 1 aromatic heterocycles. The van der Waals surface area contributed by atoms with Crippen LogP contribution < -0.4 is 5.73 Å². The van der Waals surface area contributed by atoms with Crippen LogP contribution in [0, 0.1) is 0 Å². The number of carboxylic acid groups (broad SMARTS) is 1. The molecular weight excluding hydrogens is 212 g/mol. The predicted octanol–water partition coefficient (Wildman–Crippen LogP) is -0.0249. The molecule has 0 bridgehead atoms. The smallest absolute Gasteiger partial charge is 0.358 e. The van der Waals surface area contributed by atoms with E-state index in [1.54, 1.807) is 13.8 Å². The maximum atomic E-state index is 11.2. The third-order valence-corrected chi connectivity index (χ3v) is 2.34. The van der Waals surface area contributed by atoms with Crippen LogP contribution in [-0.4, -0.2) is 32.0 Å². The molecule has 0 aliphatic carbocycles. The van der Waals surface area contributed by atoms with Crippen molar-refractivity contribution >= 4 is 11.9 Å². The first-order chi connectivity index (χ1) is 7.52. The Balaban J connectivity index is 3.23. The third kappa shape index (κ3) is 2.02. The van der Waals surface area contributed by atoms with Gasteiger partial charge in [-0.1, -0.05) is 19.1 Å². The molecule has 1 unspecified atom stereocenters. The number of carbonyl (C=O) groups is 2. The number of aromatic carboxylic acids is 1. The van der Waals surface area contributed by atoms with Crippen molar-refractivity contribution in [2.45, 2.75) is 32.7 Å². The molecule has 0 spiro atoms. The fourth-order valence-corrected chi connectivity index (χ4v) is 1.55. The van der Waals surface area contributed by atoms with Crippen LogP contribution in [0.25, 0.3) is 0 Å². The zero-order chi connectivity index (χ0) is 12.3. The molecule has 0 fully saturated rings. The Kier molecular flexibility index (Phi) is 3.60. The van der Waals surface area contributed by atoms with Crippen LogP contribution >= 0.6 is 0 Å². The minimum atomic E-state index is -1.15.